The largest absolute Gasteiger partial charge is 0.481 e. The lowest BCUT2D eigenvalue weighted by molar-refractivity contribution is -0.137. The summed E-state index contributed by atoms with van der Waals surface area (Å²) in [5.74, 6) is -0.705. The Morgan fingerprint density at radius 3 is 2.36 bits per heavy atom. The second-order valence-electron chi connectivity index (χ2n) is 6.61. The van der Waals surface area contributed by atoms with E-state index in [4.69, 9.17) is 9.84 Å². The van der Waals surface area contributed by atoms with Gasteiger partial charge in [-0.2, -0.15) is 0 Å². The summed E-state index contributed by atoms with van der Waals surface area (Å²) in [7, 11) is 0. The molecule has 0 radical (unpaired) electrons. The lowest BCUT2D eigenvalue weighted by Gasteiger charge is -2.07. The predicted octanol–water partition coefficient (Wildman–Crippen LogP) is 4.29. The topological polar surface area (TPSA) is 70.1 Å². The molecule has 3 atom stereocenters. The second kappa shape index (κ2) is 11.9. The van der Waals surface area contributed by atoms with E-state index in [-0.39, 0.29) is 24.7 Å². The van der Waals surface area contributed by atoms with Gasteiger partial charge in [-0.3, -0.25) is 4.79 Å². The van der Waals surface area contributed by atoms with Crippen molar-refractivity contribution in [1.29, 1.82) is 0 Å². The van der Waals surface area contributed by atoms with Crippen LogP contribution in [-0.2, 0) is 9.53 Å². The van der Waals surface area contributed by atoms with Gasteiger partial charge < -0.3 is 14.9 Å². The van der Waals surface area contributed by atoms with Crippen molar-refractivity contribution < 1.29 is 19.7 Å². The Hall–Kier alpha value is -0.610. The molecule has 1 aliphatic heterocycles. The number of hydrogen-bond acceptors (Lipinski definition) is 3. The number of epoxide rings is 1. The highest BCUT2D eigenvalue weighted by atomic mass is 16.6. The summed E-state index contributed by atoms with van der Waals surface area (Å²) in [4.78, 5) is 10.4. The molecule has 2 N–H and O–H groups in total. The molecule has 1 aliphatic rings. The van der Waals surface area contributed by atoms with E-state index in [1.165, 1.54) is 32.1 Å². The van der Waals surface area contributed by atoms with E-state index in [9.17, 15) is 9.90 Å². The number of carboxylic acids is 1. The van der Waals surface area contributed by atoms with Crippen LogP contribution >= 0.6 is 0 Å². The minimum atomic E-state index is -0.705. The van der Waals surface area contributed by atoms with Crippen molar-refractivity contribution in [3.8, 4) is 0 Å². The first kappa shape index (κ1) is 19.4. The van der Waals surface area contributed by atoms with Crippen LogP contribution in [0.5, 0.6) is 0 Å². The van der Waals surface area contributed by atoms with E-state index < -0.39 is 5.97 Å². The Morgan fingerprint density at radius 2 is 1.64 bits per heavy atom. The third kappa shape index (κ3) is 9.42. The Morgan fingerprint density at radius 1 is 1.00 bits per heavy atom. The van der Waals surface area contributed by atoms with Gasteiger partial charge in [0.1, 0.15) is 6.10 Å². The van der Waals surface area contributed by atoms with Crippen LogP contribution in [0, 0.1) is 0 Å². The molecule has 0 amide bonds. The number of hydrogen-bond donors (Lipinski definition) is 2. The van der Waals surface area contributed by atoms with Gasteiger partial charge in [-0.25, -0.2) is 0 Å². The summed E-state index contributed by atoms with van der Waals surface area (Å²) in [5.41, 5.74) is 0. The van der Waals surface area contributed by atoms with E-state index in [0.29, 0.717) is 0 Å². The van der Waals surface area contributed by atoms with Crippen molar-refractivity contribution in [2.45, 2.75) is 109 Å². The maximum Gasteiger partial charge on any atom is 0.303 e. The Labute approximate surface area is 135 Å². The summed E-state index contributed by atoms with van der Waals surface area (Å²) < 4.78 is 5.58. The molecule has 1 saturated heterocycles. The van der Waals surface area contributed by atoms with Gasteiger partial charge in [0.25, 0.3) is 0 Å². The summed E-state index contributed by atoms with van der Waals surface area (Å²) in [6, 6.07) is 0. The van der Waals surface area contributed by atoms with Gasteiger partial charge >= 0.3 is 5.97 Å². The van der Waals surface area contributed by atoms with Crippen molar-refractivity contribution in [3.63, 3.8) is 0 Å². The lowest BCUT2D eigenvalue weighted by atomic mass is 10.0. The van der Waals surface area contributed by atoms with Crippen LogP contribution < -0.4 is 0 Å². The normalized spacial score (nSPS) is 21.7. The summed E-state index contributed by atoms with van der Waals surface area (Å²) >= 11 is 0. The van der Waals surface area contributed by atoms with Gasteiger partial charge in [0, 0.05) is 6.42 Å². The highest BCUT2D eigenvalue weighted by Crippen LogP contribution is 2.32. The molecule has 0 aromatic heterocycles. The quantitative estimate of drug-likeness (QED) is 0.349. The zero-order valence-electron chi connectivity index (χ0n) is 14.1. The van der Waals surface area contributed by atoms with Crippen LogP contribution in [0.4, 0.5) is 0 Å². The fourth-order valence-electron chi connectivity index (χ4n) is 3.00. The first-order valence-corrected chi connectivity index (χ1v) is 9.20. The number of aliphatic hydroxyl groups is 1. The van der Waals surface area contributed by atoms with Crippen LogP contribution in [-0.4, -0.2) is 34.5 Å². The van der Waals surface area contributed by atoms with Crippen molar-refractivity contribution in [2.75, 3.05) is 0 Å². The Bertz CT molecular complexity index is 293. The lowest BCUT2D eigenvalue weighted by Crippen LogP contribution is -2.16. The van der Waals surface area contributed by atoms with Crippen LogP contribution in [0.1, 0.15) is 90.4 Å². The van der Waals surface area contributed by atoms with E-state index in [1.54, 1.807) is 0 Å². The number of unbranched alkanes of at least 4 members (excludes halogenated alkanes) is 8. The second-order valence-corrected chi connectivity index (χ2v) is 6.61. The predicted molar refractivity (Wildman–Crippen MR) is 88.0 cm³/mol. The molecule has 0 aromatic carbocycles. The molecule has 22 heavy (non-hydrogen) atoms. The Balaban J connectivity index is 1.88. The number of carbonyl (C=O) groups is 1. The van der Waals surface area contributed by atoms with Crippen LogP contribution in [0.25, 0.3) is 0 Å². The minimum Gasteiger partial charge on any atom is -0.481 e. The average molecular weight is 314 g/mol. The van der Waals surface area contributed by atoms with E-state index in [2.05, 4.69) is 6.92 Å². The molecule has 0 aliphatic carbocycles. The molecule has 0 saturated carbocycles. The number of carboxylic acid groups (broad SMARTS) is 1. The third-order valence-electron chi connectivity index (χ3n) is 4.48. The summed E-state index contributed by atoms with van der Waals surface area (Å²) in [6.07, 6.45) is 13.6. The third-order valence-corrected chi connectivity index (χ3v) is 4.48. The minimum absolute atomic E-state index is 0.0645. The number of rotatable bonds is 15. The first-order chi connectivity index (χ1) is 10.6. The van der Waals surface area contributed by atoms with Crippen molar-refractivity contribution >= 4 is 5.97 Å². The first-order valence-electron chi connectivity index (χ1n) is 9.20. The molecule has 4 nitrogen and oxygen atoms in total. The SMILES string of the molecule is CCCCCCCCC(O)C1OC1CCCCCCC(=O)O. The van der Waals surface area contributed by atoms with Gasteiger partial charge in [-0.05, 0) is 19.3 Å². The molecular formula is C18H34O4. The molecule has 3 unspecified atom stereocenters. The average Bonchev–Trinajstić information content (AvgIpc) is 3.25. The number of aliphatic carboxylic acids is 1. The van der Waals surface area contributed by atoms with Crippen LogP contribution in [0.3, 0.4) is 0 Å². The van der Waals surface area contributed by atoms with E-state index in [1.807, 2.05) is 0 Å². The fraction of sp³-hybridized carbons (Fsp3) is 0.944. The van der Waals surface area contributed by atoms with Gasteiger partial charge in [0.2, 0.25) is 0 Å². The maximum atomic E-state index is 10.4. The van der Waals surface area contributed by atoms with Gasteiger partial charge in [-0.15, -0.1) is 0 Å². The standard InChI is InChI=1S/C18H34O4/c1-2-3-4-5-6-9-12-15(19)18-16(22-18)13-10-7-8-11-14-17(20)21/h15-16,18-19H,2-14H2,1H3,(H,20,21). The number of aliphatic hydroxyl groups excluding tert-OH is 1. The zero-order chi connectivity index (χ0) is 16.2. The molecule has 0 spiro atoms. The molecule has 4 heteroatoms. The highest BCUT2D eigenvalue weighted by Gasteiger charge is 2.42. The molecule has 1 rings (SSSR count). The summed E-state index contributed by atoms with van der Waals surface area (Å²) in [6.45, 7) is 2.22. The fourth-order valence-corrected chi connectivity index (χ4v) is 3.00. The molecular weight excluding hydrogens is 280 g/mol. The number of ether oxygens (including phenoxy) is 1. The van der Waals surface area contributed by atoms with Gasteiger partial charge in [0.15, 0.2) is 0 Å². The monoisotopic (exact) mass is 314 g/mol. The molecule has 1 heterocycles. The Kier molecular flexibility index (Phi) is 10.5. The van der Waals surface area contributed by atoms with Crippen LogP contribution in [0.15, 0.2) is 0 Å². The molecule has 0 bridgehead atoms. The van der Waals surface area contributed by atoms with Gasteiger partial charge in [-0.1, -0.05) is 64.7 Å². The molecule has 130 valence electrons. The van der Waals surface area contributed by atoms with E-state index >= 15 is 0 Å². The smallest absolute Gasteiger partial charge is 0.303 e. The van der Waals surface area contributed by atoms with Crippen molar-refractivity contribution in [2.24, 2.45) is 0 Å². The summed E-state index contributed by atoms with van der Waals surface area (Å²) in [5, 5.41) is 18.6. The van der Waals surface area contributed by atoms with Crippen LogP contribution in [0.2, 0.25) is 0 Å². The van der Waals surface area contributed by atoms with Crippen molar-refractivity contribution in [1.82, 2.24) is 0 Å². The van der Waals surface area contributed by atoms with E-state index in [0.717, 1.165) is 44.9 Å². The molecule has 0 aromatic rings. The van der Waals surface area contributed by atoms with Gasteiger partial charge in [0.05, 0.1) is 12.2 Å². The zero-order valence-corrected chi connectivity index (χ0v) is 14.1. The highest BCUT2D eigenvalue weighted by molar-refractivity contribution is 5.66. The maximum absolute atomic E-state index is 10.4. The molecule has 1 fully saturated rings. The van der Waals surface area contributed by atoms with Crippen molar-refractivity contribution in [3.05, 3.63) is 0 Å².